The summed E-state index contributed by atoms with van der Waals surface area (Å²) in [5.74, 6) is -0.403. The van der Waals surface area contributed by atoms with E-state index >= 15 is 0 Å². The standard InChI is InChI=1S/C36H27N9O7S2/c1-21-35(36(46)45(44-21)24-5-3-2-4-6-24)43-42-32-16-18-34(30-20-26(54(50,51)52)12-14-28(30)32)41-40-31-15-17-33(39-38-23-9-7-22(37)8-10-23)29-19-25(53(47,48)49)11-13-27(29)31/h2-20,35H,37H2,1H3,(H,47,48,49)(H,50,51,52). The molecule has 270 valence electrons. The van der Waals surface area contributed by atoms with E-state index in [1.165, 1.54) is 53.5 Å². The molecule has 0 aliphatic carbocycles. The molecule has 0 saturated carbocycles. The second kappa shape index (κ2) is 14.1. The van der Waals surface area contributed by atoms with Crippen molar-refractivity contribution < 1.29 is 30.7 Å². The van der Waals surface area contributed by atoms with Gasteiger partial charge in [0.1, 0.15) is 0 Å². The van der Waals surface area contributed by atoms with Crippen LogP contribution in [0.15, 0.2) is 161 Å². The highest BCUT2D eigenvalue weighted by molar-refractivity contribution is 7.86. The first-order valence-electron chi connectivity index (χ1n) is 15.9. The van der Waals surface area contributed by atoms with Gasteiger partial charge in [0.05, 0.1) is 49.6 Å². The Bertz CT molecular complexity index is 2830. The summed E-state index contributed by atoms with van der Waals surface area (Å²) in [7, 11) is -9.21. The Morgan fingerprint density at radius 1 is 0.611 bits per heavy atom. The summed E-state index contributed by atoms with van der Waals surface area (Å²) in [4.78, 5) is 12.4. The molecule has 1 aliphatic rings. The smallest absolute Gasteiger partial charge is 0.294 e. The summed E-state index contributed by atoms with van der Waals surface area (Å²) in [6, 6.07) is 28.3. The lowest BCUT2D eigenvalue weighted by atomic mass is 10.1. The van der Waals surface area contributed by atoms with Gasteiger partial charge >= 0.3 is 0 Å². The molecule has 16 nitrogen and oxygen atoms in total. The van der Waals surface area contributed by atoms with E-state index in [2.05, 4.69) is 35.8 Å². The largest absolute Gasteiger partial charge is 0.399 e. The molecule has 1 heterocycles. The summed E-state index contributed by atoms with van der Waals surface area (Å²) >= 11 is 0. The Morgan fingerprint density at radius 3 is 1.61 bits per heavy atom. The first-order valence-corrected chi connectivity index (χ1v) is 18.8. The van der Waals surface area contributed by atoms with Crippen LogP contribution in [0.2, 0.25) is 0 Å². The Morgan fingerprint density at radius 2 is 1.09 bits per heavy atom. The van der Waals surface area contributed by atoms with Crippen molar-refractivity contribution in [3.05, 3.63) is 115 Å². The Balaban J connectivity index is 1.28. The number of anilines is 2. The first-order chi connectivity index (χ1) is 25.8. The van der Waals surface area contributed by atoms with Crippen molar-refractivity contribution in [2.45, 2.75) is 22.8 Å². The highest BCUT2D eigenvalue weighted by Crippen LogP contribution is 2.39. The minimum atomic E-state index is -4.63. The first kappa shape index (κ1) is 35.8. The number of carbonyl (C=O) groups is 1. The van der Waals surface area contributed by atoms with Crippen LogP contribution in [0.5, 0.6) is 0 Å². The van der Waals surface area contributed by atoms with Crippen LogP contribution < -0.4 is 10.7 Å². The number of nitrogens with zero attached hydrogens (tertiary/aromatic N) is 8. The molecule has 18 heteroatoms. The second-order valence-electron chi connectivity index (χ2n) is 11.9. The second-order valence-corrected chi connectivity index (χ2v) is 14.8. The van der Waals surface area contributed by atoms with Crippen LogP contribution in [0.25, 0.3) is 21.5 Å². The van der Waals surface area contributed by atoms with E-state index in [1.807, 2.05) is 6.07 Å². The average Bonchev–Trinajstić information content (AvgIpc) is 3.44. The molecule has 0 fully saturated rings. The normalized spacial score (nSPS) is 15.4. The summed E-state index contributed by atoms with van der Waals surface area (Å²) in [6.45, 7) is 1.66. The molecule has 1 aliphatic heterocycles. The fourth-order valence-corrected chi connectivity index (χ4v) is 6.60. The summed E-state index contributed by atoms with van der Waals surface area (Å²) < 4.78 is 67.9. The van der Waals surface area contributed by atoms with Crippen molar-refractivity contribution in [3.63, 3.8) is 0 Å². The molecule has 0 saturated heterocycles. The number of amides is 1. The summed E-state index contributed by atoms with van der Waals surface area (Å²) in [5.41, 5.74) is 8.73. The summed E-state index contributed by atoms with van der Waals surface area (Å²) in [5, 5.41) is 32.8. The average molecular weight is 762 g/mol. The molecule has 1 amide bonds. The topological polar surface area (TPSA) is 242 Å². The van der Waals surface area contributed by atoms with Crippen molar-refractivity contribution in [2.24, 2.45) is 35.8 Å². The number of para-hydroxylation sites is 1. The van der Waals surface area contributed by atoms with Crippen LogP contribution in [0.3, 0.4) is 0 Å². The van der Waals surface area contributed by atoms with Crippen LogP contribution in [0.4, 0.5) is 39.8 Å². The Hall–Kier alpha value is -6.60. The number of nitrogen functional groups attached to an aromatic ring is 1. The number of hydrogen-bond acceptors (Lipinski definition) is 13. The number of hydrogen-bond donors (Lipinski definition) is 3. The zero-order valence-electron chi connectivity index (χ0n) is 28.0. The maximum absolute atomic E-state index is 13.2. The zero-order valence-corrected chi connectivity index (χ0v) is 29.6. The highest BCUT2D eigenvalue weighted by atomic mass is 32.2. The van der Waals surface area contributed by atoms with Crippen molar-refractivity contribution in [2.75, 3.05) is 10.7 Å². The van der Waals surface area contributed by atoms with E-state index in [4.69, 9.17) is 5.73 Å². The fraction of sp³-hybridized carbons (Fsp3) is 0.0556. The maximum atomic E-state index is 13.2. The van der Waals surface area contributed by atoms with Gasteiger partial charge in [0.15, 0.2) is 6.04 Å². The zero-order chi connectivity index (χ0) is 38.2. The van der Waals surface area contributed by atoms with Crippen molar-refractivity contribution in [3.8, 4) is 0 Å². The third-order valence-electron chi connectivity index (χ3n) is 8.29. The van der Waals surface area contributed by atoms with Crippen LogP contribution in [-0.4, -0.2) is 43.6 Å². The molecule has 0 spiro atoms. The van der Waals surface area contributed by atoms with Crippen molar-refractivity contribution in [1.29, 1.82) is 0 Å². The molecule has 4 N–H and O–H groups in total. The van der Waals surface area contributed by atoms with Gasteiger partial charge in [0.25, 0.3) is 26.1 Å². The molecule has 1 atom stereocenters. The van der Waals surface area contributed by atoms with Crippen LogP contribution >= 0.6 is 0 Å². The van der Waals surface area contributed by atoms with Crippen LogP contribution in [0, 0.1) is 0 Å². The van der Waals surface area contributed by atoms with Gasteiger partial charge < -0.3 is 5.73 Å². The monoisotopic (exact) mass is 761 g/mol. The maximum Gasteiger partial charge on any atom is 0.294 e. The number of hydrazone groups is 1. The minimum absolute atomic E-state index is 0.175. The van der Waals surface area contributed by atoms with Gasteiger partial charge in [-0.2, -0.15) is 42.3 Å². The molecule has 1 unspecified atom stereocenters. The van der Waals surface area contributed by atoms with E-state index in [1.54, 1.807) is 67.6 Å². The van der Waals surface area contributed by atoms with Crippen molar-refractivity contribution >= 4 is 93.2 Å². The molecule has 54 heavy (non-hydrogen) atoms. The predicted octanol–water partition coefficient (Wildman–Crippen LogP) is 8.77. The van der Waals surface area contributed by atoms with E-state index in [0.717, 1.165) is 0 Å². The van der Waals surface area contributed by atoms with Gasteiger partial charge in [-0.05, 0) is 91.9 Å². The number of nitrogens with two attached hydrogens (primary N) is 1. The van der Waals surface area contributed by atoms with Crippen molar-refractivity contribution in [1.82, 2.24) is 0 Å². The number of benzene rings is 6. The molecule has 0 aromatic heterocycles. The van der Waals surface area contributed by atoms with E-state index in [-0.39, 0.29) is 38.4 Å². The Kier molecular flexibility index (Phi) is 9.33. The van der Waals surface area contributed by atoms with Gasteiger partial charge in [-0.15, -0.1) is 15.3 Å². The summed E-state index contributed by atoms with van der Waals surface area (Å²) in [6.07, 6.45) is 0. The SMILES string of the molecule is CC1=NN(c2ccccc2)C(=O)C1N=Nc1ccc(N=Nc2ccc(N=Nc3ccc(N)cc3)c3cc(S(=O)(=O)O)ccc23)c2cc(S(=O)(=O)O)ccc12. The molecule has 7 rings (SSSR count). The fourth-order valence-electron chi connectivity index (χ4n) is 5.59. The van der Waals surface area contributed by atoms with E-state index in [9.17, 15) is 30.7 Å². The van der Waals surface area contributed by atoms with Gasteiger partial charge in [0.2, 0.25) is 0 Å². The van der Waals surface area contributed by atoms with Crippen LogP contribution in [-0.2, 0) is 25.0 Å². The third kappa shape index (κ3) is 7.34. The number of fused-ring (bicyclic) bond motifs is 2. The lowest BCUT2D eigenvalue weighted by molar-refractivity contribution is -0.117. The molecule has 0 radical (unpaired) electrons. The minimum Gasteiger partial charge on any atom is -0.399 e. The van der Waals surface area contributed by atoms with Gasteiger partial charge in [0, 0.05) is 27.2 Å². The molecular formula is C36H27N9O7S2. The molecule has 6 aromatic rings. The van der Waals surface area contributed by atoms with Gasteiger partial charge in [-0.25, -0.2) is 0 Å². The number of azo groups is 3. The predicted molar refractivity (Wildman–Crippen MR) is 202 cm³/mol. The van der Waals surface area contributed by atoms with Gasteiger partial charge in [-0.3, -0.25) is 13.9 Å². The van der Waals surface area contributed by atoms with E-state index in [0.29, 0.717) is 33.5 Å². The molecule has 0 bridgehead atoms. The number of rotatable bonds is 9. The third-order valence-corrected chi connectivity index (χ3v) is 9.99. The lowest BCUT2D eigenvalue weighted by Crippen LogP contribution is -2.29. The van der Waals surface area contributed by atoms with Gasteiger partial charge in [-0.1, -0.05) is 30.3 Å². The highest BCUT2D eigenvalue weighted by Gasteiger charge is 2.34. The number of carbonyl (C=O) groups excluding carboxylic acids is 1. The van der Waals surface area contributed by atoms with E-state index < -0.39 is 37.1 Å². The quantitative estimate of drug-likeness (QED) is 0.0728. The molecule has 6 aromatic carbocycles. The molecular weight excluding hydrogens is 735 g/mol. The Labute approximate surface area is 307 Å². The lowest BCUT2D eigenvalue weighted by Gasteiger charge is -2.12. The van der Waals surface area contributed by atoms with Crippen LogP contribution in [0.1, 0.15) is 6.92 Å².